The molecule has 0 saturated carbocycles. The normalized spacial score (nSPS) is 26.1. The molecule has 22 heteroatoms. The van der Waals surface area contributed by atoms with Crippen LogP contribution in [-0.2, 0) is 45.2 Å². The molecule has 0 radical (unpaired) electrons. The molecule has 12 rings (SSSR count). The number of aromatic amines is 2. The van der Waals surface area contributed by atoms with Crippen LogP contribution in [0.5, 0.6) is 11.5 Å². The number of nitrogens with one attached hydrogen (secondary N) is 4. The number of nitrogens with zero attached hydrogens (tertiary/aromatic N) is 4. The molecule has 8 heterocycles. The van der Waals surface area contributed by atoms with Crippen LogP contribution in [0.1, 0.15) is 36.8 Å². The van der Waals surface area contributed by atoms with Gasteiger partial charge in [0.05, 0.1) is 62.3 Å². The van der Waals surface area contributed by atoms with E-state index in [4.69, 9.17) is 18.9 Å². The smallest absolute Gasteiger partial charge is 0.283 e. The van der Waals surface area contributed by atoms with Gasteiger partial charge in [0.25, 0.3) is 23.4 Å². The van der Waals surface area contributed by atoms with Gasteiger partial charge in [-0.3, -0.25) is 19.4 Å². The van der Waals surface area contributed by atoms with Gasteiger partial charge in [-0.25, -0.2) is 9.13 Å². The number of hydrogen-bond acceptors (Lipinski definition) is 16. The number of carbonyl (C=O) groups excluding carboxylic acids is 2. The molecule has 8 atom stereocenters. The number of likely N-dealkylation sites (tertiary alicyclic amines) is 2. The second-order valence-electron chi connectivity index (χ2n) is 22.7. The van der Waals surface area contributed by atoms with Gasteiger partial charge in [0, 0.05) is 57.8 Å². The highest BCUT2D eigenvalue weighted by molar-refractivity contribution is 6.22. The molecule has 0 spiro atoms. The van der Waals surface area contributed by atoms with Crippen molar-refractivity contribution in [2.24, 2.45) is 11.8 Å². The highest BCUT2D eigenvalue weighted by Gasteiger charge is 2.59. The zero-order valence-corrected chi connectivity index (χ0v) is 45.8. The standard InChI is InChI=1S/C60H70N8O14/c1-79-39-3-5-45-41(25-39)49-43-29-67(17-11-35(43)23-37(51(49)63-45)27-61-57(75)59(77)55(73)53(71)47(31-69)81-59)21-19-65-13-7-33(8-14-65)34-9-15-66(16-10-34)20-22-68-18-12-36-24-38(28-62-58(76)60(78)56(74)54(72)48(32-70)82-60)52-50(44(36)30-68)42-26-40(80-2)4-6-46(42)64-52/h3-6,11-12,17-18,23-26,29-30,33-34,47-48,53-56,69-74,77-78H,7-10,13-16,19-22,27-28,31-32H2,1-2H3,(H2,61,62,75,76)/p+2/t47-,48-,53+,54+,55-,56-,59-,60-/m1/s1. The Balaban J connectivity index is 0.662. The number of H-pyrrole nitrogens is 2. The van der Waals surface area contributed by atoms with E-state index in [2.05, 4.69) is 76.5 Å². The third-order valence-electron chi connectivity index (χ3n) is 18.0. The molecular formula is C60H72N8O14+2. The minimum absolute atomic E-state index is 0.0313. The lowest BCUT2D eigenvalue weighted by Crippen LogP contribution is -2.54. The number of amides is 2. The molecule has 0 bridgehead atoms. The largest absolute Gasteiger partial charge is 0.497 e. The molecule has 0 aliphatic carbocycles. The van der Waals surface area contributed by atoms with Crippen molar-refractivity contribution in [3.63, 3.8) is 0 Å². The number of hydrogen-bond donors (Lipinski definition) is 12. The lowest BCUT2D eigenvalue weighted by Gasteiger charge is -2.39. The Bertz CT molecular complexity index is 3470. The van der Waals surface area contributed by atoms with Gasteiger partial charge in [-0.1, -0.05) is 0 Å². The van der Waals surface area contributed by atoms with Gasteiger partial charge < -0.3 is 80.4 Å². The Hall–Kier alpha value is -6.64. The van der Waals surface area contributed by atoms with E-state index >= 15 is 0 Å². The zero-order chi connectivity index (χ0) is 57.2. The van der Waals surface area contributed by atoms with Crippen LogP contribution in [0.25, 0.3) is 65.2 Å². The van der Waals surface area contributed by atoms with Crippen LogP contribution in [0.2, 0.25) is 0 Å². The number of aliphatic hydroxyl groups excluding tert-OH is 6. The molecule has 434 valence electrons. The molecule has 12 N–H and O–H groups in total. The van der Waals surface area contributed by atoms with Gasteiger partial charge >= 0.3 is 0 Å². The van der Waals surface area contributed by atoms with Crippen molar-refractivity contribution in [2.75, 3.05) is 66.7 Å². The van der Waals surface area contributed by atoms with Crippen LogP contribution in [-0.4, -0.2) is 187 Å². The Morgan fingerprint density at radius 3 is 1.38 bits per heavy atom. The number of benzene rings is 4. The molecule has 2 amide bonds. The summed E-state index contributed by atoms with van der Waals surface area (Å²) in [5.74, 6) is -4.74. The molecule has 82 heavy (non-hydrogen) atoms. The fraction of sp³-hybridized carbons (Fsp3) is 0.467. The lowest BCUT2D eigenvalue weighted by molar-refractivity contribution is -0.695. The molecule has 4 fully saturated rings. The topological polar surface area (TPSA) is 303 Å². The number of fused-ring (bicyclic) bond motifs is 10. The van der Waals surface area contributed by atoms with Gasteiger partial charge in [-0.05, 0) is 134 Å². The first-order valence-electron chi connectivity index (χ1n) is 28.2. The highest BCUT2D eigenvalue weighted by Crippen LogP contribution is 2.39. The number of ether oxygens (including phenoxy) is 4. The number of aromatic nitrogens is 4. The van der Waals surface area contributed by atoms with E-state index in [1.165, 1.54) is 25.7 Å². The average molecular weight is 1130 g/mol. The maximum atomic E-state index is 13.3. The van der Waals surface area contributed by atoms with Crippen molar-refractivity contribution in [3.8, 4) is 11.5 Å². The van der Waals surface area contributed by atoms with Crippen LogP contribution in [0, 0.1) is 11.8 Å². The van der Waals surface area contributed by atoms with E-state index in [1.807, 2.05) is 48.5 Å². The summed E-state index contributed by atoms with van der Waals surface area (Å²) >= 11 is 0. The molecule has 4 saturated heterocycles. The summed E-state index contributed by atoms with van der Waals surface area (Å²) in [5, 5.41) is 95.5. The second-order valence-corrected chi connectivity index (χ2v) is 22.7. The van der Waals surface area contributed by atoms with Gasteiger partial charge in [-0.2, -0.15) is 0 Å². The highest BCUT2D eigenvalue weighted by atomic mass is 16.7. The number of methoxy groups -OCH3 is 2. The lowest BCUT2D eigenvalue weighted by atomic mass is 9.79. The summed E-state index contributed by atoms with van der Waals surface area (Å²) in [4.78, 5) is 38.8. The SMILES string of the molecule is COc1ccc2[nH]c3c(CNC(=O)[C@]4(O)O[C@H](CO)[C@H](O)[C@H]4O)cc4cc[n+](CCN5CCC(C6CCN(CC[n+]7ccc8cc(CNC(=O)[C@]9(O)O[C@H](CO)[C@H](O)[C@H]9O)c9[nH]c%10ccc(OC)cc%10c9c8c7)CC6)CC5)cc4c3c2c1. The van der Waals surface area contributed by atoms with Gasteiger partial charge in [0.2, 0.25) is 0 Å². The summed E-state index contributed by atoms with van der Waals surface area (Å²) in [7, 11) is 3.25. The van der Waals surface area contributed by atoms with Crippen LogP contribution in [0.15, 0.2) is 85.5 Å². The van der Waals surface area contributed by atoms with Gasteiger partial charge in [-0.15, -0.1) is 0 Å². The van der Waals surface area contributed by atoms with E-state index in [0.29, 0.717) is 23.3 Å². The second kappa shape index (κ2) is 22.5. The van der Waals surface area contributed by atoms with Crippen molar-refractivity contribution in [1.29, 1.82) is 0 Å². The first-order valence-corrected chi connectivity index (χ1v) is 28.2. The fourth-order valence-corrected chi connectivity index (χ4v) is 13.2. The van der Waals surface area contributed by atoms with E-state index in [0.717, 1.165) is 129 Å². The zero-order valence-electron chi connectivity index (χ0n) is 45.8. The number of aliphatic hydroxyl groups is 8. The van der Waals surface area contributed by atoms with E-state index < -0.39 is 73.2 Å². The van der Waals surface area contributed by atoms with Crippen LogP contribution >= 0.6 is 0 Å². The Labute approximate surface area is 471 Å². The summed E-state index contributed by atoms with van der Waals surface area (Å²) in [6, 6.07) is 19.8. The Morgan fingerprint density at radius 1 is 0.610 bits per heavy atom. The maximum absolute atomic E-state index is 13.3. The first-order chi connectivity index (χ1) is 39.6. The monoisotopic (exact) mass is 1130 g/mol. The Morgan fingerprint density at radius 2 is 1.01 bits per heavy atom. The van der Waals surface area contributed by atoms with Crippen molar-refractivity contribution in [1.82, 2.24) is 30.4 Å². The maximum Gasteiger partial charge on any atom is 0.283 e. The van der Waals surface area contributed by atoms with Crippen molar-refractivity contribution in [2.45, 2.75) is 100 Å². The van der Waals surface area contributed by atoms with E-state index in [-0.39, 0.29) is 13.1 Å². The molecule has 4 aromatic carbocycles. The first kappa shape index (κ1) is 55.9. The summed E-state index contributed by atoms with van der Waals surface area (Å²) in [5.41, 5.74) is 4.80. The van der Waals surface area contributed by atoms with Gasteiger partial charge in [0.15, 0.2) is 37.9 Å². The fourth-order valence-electron chi connectivity index (χ4n) is 13.2. The summed E-state index contributed by atoms with van der Waals surface area (Å²) in [6.45, 7) is 6.23. The summed E-state index contributed by atoms with van der Waals surface area (Å²) in [6.07, 6.45) is 3.40. The molecule has 22 nitrogen and oxygen atoms in total. The summed E-state index contributed by atoms with van der Waals surface area (Å²) < 4.78 is 26.2. The quantitative estimate of drug-likeness (QED) is 0.0562. The predicted octanol–water partition coefficient (Wildman–Crippen LogP) is 0.814. The van der Waals surface area contributed by atoms with Crippen molar-refractivity contribution in [3.05, 3.63) is 96.6 Å². The van der Waals surface area contributed by atoms with E-state index in [1.54, 1.807) is 14.2 Å². The number of piperidine rings is 2. The third kappa shape index (κ3) is 10.1. The molecule has 0 unspecified atom stereocenters. The molecule has 8 aromatic rings. The van der Waals surface area contributed by atoms with Gasteiger partial charge in [0.1, 0.15) is 48.1 Å². The minimum atomic E-state index is -2.73. The average Bonchev–Trinajstić information content (AvgIpc) is 4.02. The van der Waals surface area contributed by atoms with E-state index in [9.17, 15) is 50.4 Å². The predicted molar refractivity (Wildman–Crippen MR) is 300 cm³/mol. The van der Waals surface area contributed by atoms with Crippen LogP contribution in [0.4, 0.5) is 0 Å². The van der Waals surface area contributed by atoms with Crippen LogP contribution in [0.3, 0.4) is 0 Å². The molecule has 4 aromatic heterocycles. The molecular weight excluding hydrogens is 1060 g/mol. The number of carbonyl (C=O) groups is 2. The molecule has 4 aliphatic rings. The van der Waals surface area contributed by atoms with Crippen molar-refractivity contribution >= 4 is 77.0 Å². The van der Waals surface area contributed by atoms with Crippen molar-refractivity contribution < 1.29 is 78.5 Å². The minimum Gasteiger partial charge on any atom is -0.497 e. The molecule has 4 aliphatic heterocycles. The third-order valence-corrected chi connectivity index (χ3v) is 18.0. The van der Waals surface area contributed by atoms with Crippen LogP contribution < -0.4 is 29.2 Å². The number of pyridine rings is 2. The Kier molecular flexibility index (Phi) is 15.3. The number of rotatable bonds is 17.